The van der Waals surface area contributed by atoms with Crippen LogP contribution in [0.5, 0.6) is 0 Å². The molecule has 26 heavy (non-hydrogen) atoms. The van der Waals surface area contributed by atoms with Gasteiger partial charge in [-0.15, -0.1) is 0 Å². The third-order valence-electron chi connectivity index (χ3n) is 4.30. The standard InChI is InChI=1S/C21H15N3OS/c1-14-12-17(23-25-14)11-8-15-6-9-16(10-7-15)18-13-24-19-4-2-3-5-20(19)26-21(24)22-18/h2-13H,1H3/b11-8+. The van der Waals surface area contributed by atoms with Gasteiger partial charge in [-0.2, -0.15) is 0 Å². The molecule has 0 amide bonds. The second-order valence-corrected chi connectivity index (χ2v) is 7.18. The largest absolute Gasteiger partial charge is 0.361 e. The van der Waals surface area contributed by atoms with Crippen molar-refractivity contribution in [2.75, 3.05) is 0 Å². The van der Waals surface area contributed by atoms with E-state index >= 15 is 0 Å². The van der Waals surface area contributed by atoms with Gasteiger partial charge in [0.05, 0.1) is 15.9 Å². The second kappa shape index (κ2) is 5.97. The number of fused-ring (bicyclic) bond motifs is 3. The molecular weight excluding hydrogens is 342 g/mol. The van der Waals surface area contributed by atoms with Crippen LogP contribution in [0.4, 0.5) is 0 Å². The summed E-state index contributed by atoms with van der Waals surface area (Å²) in [6, 6.07) is 18.7. The van der Waals surface area contributed by atoms with Crippen LogP contribution in [-0.2, 0) is 0 Å². The van der Waals surface area contributed by atoms with E-state index in [-0.39, 0.29) is 0 Å². The monoisotopic (exact) mass is 357 g/mol. The van der Waals surface area contributed by atoms with E-state index in [4.69, 9.17) is 9.51 Å². The van der Waals surface area contributed by atoms with E-state index in [0.29, 0.717) is 0 Å². The average molecular weight is 357 g/mol. The van der Waals surface area contributed by atoms with Crippen LogP contribution in [0.25, 0.3) is 38.6 Å². The molecule has 5 rings (SSSR count). The third kappa shape index (κ3) is 2.62. The highest BCUT2D eigenvalue weighted by atomic mass is 32.1. The molecule has 5 heteroatoms. The zero-order valence-corrected chi connectivity index (χ0v) is 14.9. The van der Waals surface area contributed by atoms with Gasteiger partial charge in [0.1, 0.15) is 11.5 Å². The molecular formula is C21H15N3OS. The molecule has 0 atom stereocenters. The highest BCUT2D eigenvalue weighted by molar-refractivity contribution is 7.23. The lowest BCUT2D eigenvalue weighted by Gasteiger charge is -1.98. The van der Waals surface area contributed by atoms with Gasteiger partial charge in [0.15, 0.2) is 4.96 Å². The Labute approximate surface area is 154 Å². The number of hydrogen-bond acceptors (Lipinski definition) is 4. The first-order chi connectivity index (χ1) is 12.8. The molecule has 126 valence electrons. The first-order valence-electron chi connectivity index (χ1n) is 8.35. The maximum Gasteiger partial charge on any atom is 0.195 e. The van der Waals surface area contributed by atoms with Crippen molar-refractivity contribution in [3.63, 3.8) is 0 Å². The molecule has 0 aliphatic rings. The second-order valence-electron chi connectivity index (χ2n) is 6.17. The quantitative estimate of drug-likeness (QED) is 0.417. The summed E-state index contributed by atoms with van der Waals surface area (Å²) in [5.41, 5.74) is 5.24. The Balaban J connectivity index is 1.45. The van der Waals surface area contributed by atoms with Gasteiger partial charge < -0.3 is 4.52 Å². The maximum atomic E-state index is 5.07. The number of nitrogens with zero attached hydrogens (tertiary/aromatic N) is 3. The number of aryl methyl sites for hydroxylation is 1. The number of imidazole rings is 1. The molecule has 5 aromatic rings. The molecule has 0 spiro atoms. The Bertz CT molecular complexity index is 1240. The predicted molar refractivity (Wildman–Crippen MR) is 106 cm³/mol. The summed E-state index contributed by atoms with van der Waals surface area (Å²) in [6.07, 6.45) is 6.09. The lowest BCUT2D eigenvalue weighted by molar-refractivity contribution is 0.396. The summed E-state index contributed by atoms with van der Waals surface area (Å²) in [5.74, 6) is 0.812. The van der Waals surface area contributed by atoms with Crippen LogP contribution in [0.15, 0.2) is 65.3 Å². The predicted octanol–water partition coefficient (Wildman–Crippen LogP) is 5.68. The third-order valence-corrected chi connectivity index (χ3v) is 5.33. The molecule has 0 saturated heterocycles. The number of para-hydroxylation sites is 1. The Morgan fingerprint density at radius 2 is 1.88 bits per heavy atom. The van der Waals surface area contributed by atoms with Crippen molar-refractivity contribution in [1.82, 2.24) is 14.5 Å². The van der Waals surface area contributed by atoms with Crippen molar-refractivity contribution in [2.24, 2.45) is 0 Å². The fourth-order valence-electron chi connectivity index (χ4n) is 3.00. The molecule has 0 unspecified atom stereocenters. The van der Waals surface area contributed by atoms with E-state index in [1.165, 1.54) is 10.2 Å². The molecule has 3 heterocycles. The summed E-state index contributed by atoms with van der Waals surface area (Å²) < 4.78 is 8.49. The summed E-state index contributed by atoms with van der Waals surface area (Å²) in [4.78, 5) is 5.81. The van der Waals surface area contributed by atoms with Crippen molar-refractivity contribution in [1.29, 1.82) is 0 Å². The smallest absolute Gasteiger partial charge is 0.195 e. The minimum Gasteiger partial charge on any atom is -0.361 e. The average Bonchev–Trinajstić information content (AvgIpc) is 3.34. The summed E-state index contributed by atoms with van der Waals surface area (Å²) in [7, 11) is 0. The van der Waals surface area contributed by atoms with Gasteiger partial charge in [0, 0.05) is 17.8 Å². The minimum absolute atomic E-state index is 0.812. The summed E-state index contributed by atoms with van der Waals surface area (Å²) >= 11 is 1.71. The van der Waals surface area contributed by atoms with Crippen LogP contribution in [0.2, 0.25) is 0 Å². The fraction of sp³-hybridized carbons (Fsp3) is 0.0476. The number of aromatic nitrogens is 3. The molecule has 4 nitrogen and oxygen atoms in total. The molecule has 2 aromatic carbocycles. The van der Waals surface area contributed by atoms with E-state index < -0.39 is 0 Å². The Hall–Kier alpha value is -3.18. The van der Waals surface area contributed by atoms with E-state index in [9.17, 15) is 0 Å². The molecule has 0 N–H and O–H groups in total. The highest BCUT2D eigenvalue weighted by Gasteiger charge is 2.09. The zero-order valence-electron chi connectivity index (χ0n) is 14.1. The van der Waals surface area contributed by atoms with Gasteiger partial charge in [-0.25, -0.2) is 4.98 Å². The number of thiazole rings is 1. The molecule has 0 radical (unpaired) electrons. The number of rotatable bonds is 3. The van der Waals surface area contributed by atoms with Crippen LogP contribution in [0.3, 0.4) is 0 Å². The van der Waals surface area contributed by atoms with E-state index in [2.05, 4.69) is 64.3 Å². The Morgan fingerprint density at radius 3 is 2.69 bits per heavy atom. The lowest BCUT2D eigenvalue weighted by Crippen LogP contribution is -1.79. The van der Waals surface area contributed by atoms with E-state index in [0.717, 1.165) is 33.2 Å². The topological polar surface area (TPSA) is 43.3 Å². The first-order valence-corrected chi connectivity index (χ1v) is 9.16. The van der Waals surface area contributed by atoms with Crippen molar-refractivity contribution in [2.45, 2.75) is 6.92 Å². The van der Waals surface area contributed by atoms with Gasteiger partial charge >= 0.3 is 0 Å². The molecule has 0 aliphatic heterocycles. The van der Waals surface area contributed by atoms with Crippen molar-refractivity contribution in [3.8, 4) is 11.3 Å². The van der Waals surface area contributed by atoms with Crippen LogP contribution in [-0.4, -0.2) is 14.5 Å². The van der Waals surface area contributed by atoms with Gasteiger partial charge in [-0.05, 0) is 30.7 Å². The SMILES string of the molecule is Cc1cc(/C=C/c2ccc(-c3cn4c(n3)sc3ccccc34)cc2)no1. The summed E-state index contributed by atoms with van der Waals surface area (Å²) in [6.45, 7) is 1.89. The number of hydrogen-bond donors (Lipinski definition) is 0. The molecule has 3 aromatic heterocycles. The molecule has 0 aliphatic carbocycles. The molecule has 0 fully saturated rings. The number of benzene rings is 2. The molecule has 0 bridgehead atoms. The first kappa shape index (κ1) is 15.1. The zero-order chi connectivity index (χ0) is 17.5. The van der Waals surface area contributed by atoms with E-state index in [1.54, 1.807) is 11.3 Å². The fourth-order valence-corrected chi connectivity index (χ4v) is 4.01. The Kier molecular flexibility index (Phi) is 3.47. The normalized spacial score (nSPS) is 11.9. The van der Waals surface area contributed by atoms with Gasteiger partial charge in [0.2, 0.25) is 0 Å². The highest BCUT2D eigenvalue weighted by Crippen LogP contribution is 2.29. The summed E-state index contributed by atoms with van der Waals surface area (Å²) in [5, 5.41) is 3.97. The van der Waals surface area contributed by atoms with Crippen molar-refractivity contribution in [3.05, 3.63) is 77.8 Å². The lowest BCUT2D eigenvalue weighted by atomic mass is 10.1. The Morgan fingerprint density at radius 1 is 1.04 bits per heavy atom. The van der Waals surface area contributed by atoms with Crippen LogP contribution < -0.4 is 0 Å². The van der Waals surface area contributed by atoms with Crippen molar-refractivity contribution >= 4 is 38.7 Å². The van der Waals surface area contributed by atoms with Crippen LogP contribution >= 0.6 is 11.3 Å². The van der Waals surface area contributed by atoms with Crippen molar-refractivity contribution < 1.29 is 4.52 Å². The van der Waals surface area contributed by atoms with Gasteiger partial charge in [0.25, 0.3) is 0 Å². The van der Waals surface area contributed by atoms with E-state index in [1.807, 2.05) is 25.1 Å². The van der Waals surface area contributed by atoms with Crippen LogP contribution in [0.1, 0.15) is 17.0 Å². The van der Waals surface area contributed by atoms with Gasteiger partial charge in [-0.3, -0.25) is 4.40 Å². The maximum absolute atomic E-state index is 5.07. The molecule has 0 saturated carbocycles. The van der Waals surface area contributed by atoms with Gasteiger partial charge in [-0.1, -0.05) is 59.0 Å². The van der Waals surface area contributed by atoms with Crippen LogP contribution in [0, 0.1) is 6.92 Å². The minimum atomic E-state index is 0.812.